The van der Waals surface area contributed by atoms with Crippen LogP contribution in [0.15, 0.2) is 24.3 Å². The summed E-state index contributed by atoms with van der Waals surface area (Å²) >= 11 is 0. The molecule has 1 aromatic carbocycles. The van der Waals surface area contributed by atoms with E-state index in [0.717, 1.165) is 6.42 Å². The van der Waals surface area contributed by atoms with E-state index in [9.17, 15) is 9.59 Å². The first kappa shape index (κ1) is 15.2. The Balaban J connectivity index is 2.63. The molecule has 0 aliphatic carbocycles. The van der Waals surface area contributed by atoms with E-state index >= 15 is 0 Å². The largest absolute Gasteiger partial charge is 0.352 e. The maximum Gasteiger partial charge on any atom is 0.254 e. The maximum atomic E-state index is 12.1. The highest BCUT2D eigenvalue weighted by Crippen LogP contribution is 2.07. The zero-order valence-corrected chi connectivity index (χ0v) is 12.1. The highest BCUT2D eigenvalue weighted by molar-refractivity contribution is 5.96. The van der Waals surface area contributed by atoms with Crippen molar-refractivity contribution in [3.05, 3.63) is 35.4 Å². The fraction of sp³-hybridized carbons (Fsp3) is 0.467. The molecule has 0 aromatic heterocycles. The summed E-state index contributed by atoms with van der Waals surface area (Å²) < 4.78 is 0. The zero-order chi connectivity index (χ0) is 14.4. The second-order valence-electron chi connectivity index (χ2n) is 4.93. The molecule has 1 N–H and O–H groups in total. The number of nitrogens with zero attached hydrogens (tertiary/aromatic N) is 1. The number of rotatable bonds is 5. The summed E-state index contributed by atoms with van der Waals surface area (Å²) in [6.45, 7) is 5.93. The molecule has 0 fully saturated rings. The molecule has 0 saturated heterocycles. The van der Waals surface area contributed by atoms with E-state index in [2.05, 4.69) is 12.2 Å². The van der Waals surface area contributed by atoms with E-state index in [4.69, 9.17) is 0 Å². The van der Waals surface area contributed by atoms with Gasteiger partial charge in [-0.3, -0.25) is 9.59 Å². The van der Waals surface area contributed by atoms with Crippen molar-refractivity contribution in [3.8, 4) is 0 Å². The fourth-order valence-electron chi connectivity index (χ4n) is 1.76. The molecule has 0 radical (unpaired) electrons. The van der Waals surface area contributed by atoms with Crippen molar-refractivity contribution in [2.45, 2.75) is 33.2 Å². The Bertz CT molecular complexity index is 438. The molecule has 0 atom stereocenters. The predicted molar refractivity (Wildman–Crippen MR) is 76.1 cm³/mol. The monoisotopic (exact) mass is 262 g/mol. The average Bonchev–Trinajstić information content (AvgIpc) is 2.36. The topological polar surface area (TPSA) is 49.4 Å². The van der Waals surface area contributed by atoms with Crippen molar-refractivity contribution in [2.24, 2.45) is 0 Å². The molecule has 0 aliphatic rings. The number of nitrogens with one attached hydrogen (secondary N) is 1. The van der Waals surface area contributed by atoms with E-state index in [-0.39, 0.29) is 24.4 Å². The highest BCUT2D eigenvalue weighted by Gasteiger charge is 2.15. The van der Waals surface area contributed by atoms with Gasteiger partial charge in [0.05, 0.1) is 6.54 Å². The molecule has 4 nitrogen and oxygen atoms in total. The Labute approximate surface area is 114 Å². The van der Waals surface area contributed by atoms with Crippen LogP contribution in [0.4, 0.5) is 0 Å². The molecule has 1 aromatic rings. The summed E-state index contributed by atoms with van der Waals surface area (Å²) in [6, 6.07) is 7.57. The summed E-state index contributed by atoms with van der Waals surface area (Å²) in [4.78, 5) is 25.1. The molecule has 0 heterocycles. The quantitative estimate of drug-likeness (QED) is 0.880. The lowest BCUT2D eigenvalue weighted by Crippen LogP contribution is -2.40. The first-order valence-electron chi connectivity index (χ1n) is 6.57. The van der Waals surface area contributed by atoms with Crippen LogP contribution in [0.3, 0.4) is 0 Å². The van der Waals surface area contributed by atoms with Gasteiger partial charge in [0.25, 0.3) is 5.91 Å². The molecule has 104 valence electrons. The standard InChI is InChI=1S/C15H22N2O2/c1-5-12-6-8-13(9-7-12)15(19)17(4)10-14(18)16-11(2)3/h6-9,11H,5,10H2,1-4H3,(H,16,18). The summed E-state index contributed by atoms with van der Waals surface area (Å²) in [6.07, 6.45) is 0.946. The van der Waals surface area contributed by atoms with Crippen molar-refractivity contribution in [2.75, 3.05) is 13.6 Å². The van der Waals surface area contributed by atoms with Gasteiger partial charge in [-0.1, -0.05) is 19.1 Å². The molecule has 0 bridgehead atoms. The number of hydrogen-bond acceptors (Lipinski definition) is 2. The van der Waals surface area contributed by atoms with Crippen molar-refractivity contribution in [1.82, 2.24) is 10.2 Å². The third-order valence-corrected chi connectivity index (χ3v) is 2.79. The van der Waals surface area contributed by atoms with Gasteiger partial charge in [0.1, 0.15) is 0 Å². The highest BCUT2D eigenvalue weighted by atomic mass is 16.2. The van der Waals surface area contributed by atoms with Crippen LogP contribution >= 0.6 is 0 Å². The number of benzene rings is 1. The summed E-state index contributed by atoms with van der Waals surface area (Å²) in [5.41, 5.74) is 1.80. The van der Waals surface area contributed by atoms with E-state index in [0.29, 0.717) is 5.56 Å². The van der Waals surface area contributed by atoms with Gasteiger partial charge in [0.15, 0.2) is 0 Å². The average molecular weight is 262 g/mol. The van der Waals surface area contributed by atoms with E-state index < -0.39 is 0 Å². The molecule has 1 rings (SSSR count). The molecule has 0 saturated carbocycles. The molecule has 19 heavy (non-hydrogen) atoms. The Morgan fingerprint density at radius 2 is 1.79 bits per heavy atom. The number of carbonyl (C=O) groups excluding carboxylic acids is 2. The van der Waals surface area contributed by atoms with E-state index in [1.165, 1.54) is 10.5 Å². The van der Waals surface area contributed by atoms with Gasteiger partial charge >= 0.3 is 0 Å². The van der Waals surface area contributed by atoms with Gasteiger partial charge in [0, 0.05) is 18.7 Å². The molecule has 0 aliphatic heterocycles. The van der Waals surface area contributed by atoms with Crippen molar-refractivity contribution >= 4 is 11.8 Å². The van der Waals surface area contributed by atoms with Crippen LogP contribution in [-0.4, -0.2) is 36.3 Å². The first-order valence-corrected chi connectivity index (χ1v) is 6.57. The predicted octanol–water partition coefficient (Wildman–Crippen LogP) is 1.85. The second-order valence-corrected chi connectivity index (χ2v) is 4.93. The Hall–Kier alpha value is -1.84. The SMILES string of the molecule is CCc1ccc(C(=O)N(C)CC(=O)NC(C)C)cc1. The van der Waals surface area contributed by atoms with Crippen LogP contribution in [0.5, 0.6) is 0 Å². The molecular weight excluding hydrogens is 240 g/mol. The van der Waals surface area contributed by atoms with Crippen molar-refractivity contribution in [3.63, 3.8) is 0 Å². The van der Waals surface area contributed by atoms with Crippen LogP contribution in [0.2, 0.25) is 0 Å². The zero-order valence-electron chi connectivity index (χ0n) is 12.1. The normalized spacial score (nSPS) is 10.4. The van der Waals surface area contributed by atoms with Gasteiger partial charge < -0.3 is 10.2 Å². The van der Waals surface area contributed by atoms with Gasteiger partial charge in [-0.05, 0) is 38.0 Å². The molecule has 0 spiro atoms. The van der Waals surface area contributed by atoms with Crippen LogP contribution in [0.25, 0.3) is 0 Å². The Morgan fingerprint density at radius 1 is 1.21 bits per heavy atom. The fourth-order valence-corrected chi connectivity index (χ4v) is 1.76. The smallest absolute Gasteiger partial charge is 0.254 e. The van der Waals surface area contributed by atoms with Crippen molar-refractivity contribution in [1.29, 1.82) is 0 Å². The second kappa shape index (κ2) is 6.92. The van der Waals surface area contributed by atoms with Crippen LogP contribution in [-0.2, 0) is 11.2 Å². The third-order valence-electron chi connectivity index (χ3n) is 2.79. The number of likely N-dealkylation sites (N-methyl/N-ethyl adjacent to an activating group) is 1. The third kappa shape index (κ3) is 4.73. The number of carbonyl (C=O) groups is 2. The minimum absolute atomic E-state index is 0.0759. The Morgan fingerprint density at radius 3 is 2.26 bits per heavy atom. The lowest BCUT2D eigenvalue weighted by Gasteiger charge is -2.18. The number of aryl methyl sites for hydroxylation is 1. The summed E-state index contributed by atoms with van der Waals surface area (Å²) in [5, 5.41) is 2.77. The maximum absolute atomic E-state index is 12.1. The van der Waals surface area contributed by atoms with Gasteiger partial charge in [-0.2, -0.15) is 0 Å². The minimum atomic E-state index is -0.143. The lowest BCUT2D eigenvalue weighted by molar-refractivity contribution is -0.122. The van der Waals surface area contributed by atoms with Gasteiger partial charge in [-0.15, -0.1) is 0 Å². The van der Waals surface area contributed by atoms with Crippen LogP contribution in [0.1, 0.15) is 36.7 Å². The summed E-state index contributed by atoms with van der Waals surface area (Å²) in [5.74, 6) is -0.280. The lowest BCUT2D eigenvalue weighted by atomic mass is 10.1. The molecule has 4 heteroatoms. The molecule has 2 amide bonds. The Kier molecular flexibility index (Phi) is 5.55. The summed E-state index contributed by atoms with van der Waals surface area (Å²) in [7, 11) is 1.63. The van der Waals surface area contributed by atoms with Gasteiger partial charge in [-0.25, -0.2) is 0 Å². The van der Waals surface area contributed by atoms with Crippen LogP contribution < -0.4 is 5.32 Å². The number of hydrogen-bond donors (Lipinski definition) is 1. The van der Waals surface area contributed by atoms with E-state index in [1.807, 2.05) is 26.0 Å². The van der Waals surface area contributed by atoms with E-state index in [1.54, 1.807) is 19.2 Å². The minimum Gasteiger partial charge on any atom is -0.352 e. The van der Waals surface area contributed by atoms with Gasteiger partial charge in [0.2, 0.25) is 5.91 Å². The van der Waals surface area contributed by atoms with Crippen molar-refractivity contribution < 1.29 is 9.59 Å². The first-order chi connectivity index (χ1) is 8.93. The molecular formula is C15H22N2O2. The number of amides is 2. The molecule has 0 unspecified atom stereocenters. The van der Waals surface area contributed by atoms with Crippen LogP contribution in [0, 0.1) is 0 Å².